The molecule has 0 amide bonds. The zero-order chi connectivity index (χ0) is 15.4. The second-order valence-corrected chi connectivity index (χ2v) is 6.50. The number of nitrogens with zero attached hydrogens (tertiary/aromatic N) is 3. The zero-order valence-corrected chi connectivity index (χ0v) is 14.4. The molecule has 22 heavy (non-hydrogen) atoms. The summed E-state index contributed by atoms with van der Waals surface area (Å²) in [5.41, 5.74) is 4.57. The van der Waals surface area contributed by atoms with Crippen molar-refractivity contribution in [1.82, 2.24) is 0 Å². The number of benzene rings is 2. The number of fused-ring (bicyclic) bond motifs is 1. The van der Waals surface area contributed by atoms with Crippen LogP contribution in [0.5, 0.6) is 0 Å². The summed E-state index contributed by atoms with van der Waals surface area (Å²) < 4.78 is 1.05. The molecule has 3 nitrogen and oxygen atoms in total. The maximum Gasteiger partial charge on any atom is 0.0861 e. The van der Waals surface area contributed by atoms with Crippen LogP contribution in [0, 0.1) is 0 Å². The molecule has 2 aromatic rings. The van der Waals surface area contributed by atoms with E-state index < -0.39 is 0 Å². The molecule has 0 spiro atoms. The topological polar surface area (TPSA) is 28.0 Å². The van der Waals surface area contributed by atoms with E-state index in [0.717, 1.165) is 28.8 Å². The van der Waals surface area contributed by atoms with Gasteiger partial charge in [0.15, 0.2) is 0 Å². The van der Waals surface area contributed by atoms with E-state index in [1.807, 2.05) is 24.3 Å². The average molecular weight is 358 g/mol. The molecule has 0 aliphatic carbocycles. The number of hydrogen-bond acceptors (Lipinski definition) is 3. The number of halogens is 1. The van der Waals surface area contributed by atoms with Gasteiger partial charge in [0.1, 0.15) is 0 Å². The first-order valence-electron chi connectivity index (χ1n) is 7.81. The number of rotatable bonds is 4. The van der Waals surface area contributed by atoms with Crippen LogP contribution in [0.4, 0.5) is 17.1 Å². The molecular weight excluding hydrogens is 338 g/mol. The van der Waals surface area contributed by atoms with Gasteiger partial charge in [-0.05, 0) is 67.3 Å². The zero-order valence-electron chi connectivity index (χ0n) is 12.8. The molecule has 0 radical (unpaired) electrons. The van der Waals surface area contributed by atoms with Crippen molar-refractivity contribution in [3.05, 3.63) is 52.5 Å². The fraction of sp³-hybridized carbons (Fsp3) is 0.333. The van der Waals surface area contributed by atoms with Gasteiger partial charge in [-0.1, -0.05) is 22.9 Å². The van der Waals surface area contributed by atoms with Gasteiger partial charge in [0, 0.05) is 23.2 Å². The molecule has 0 atom stereocenters. The van der Waals surface area contributed by atoms with E-state index in [-0.39, 0.29) is 0 Å². The van der Waals surface area contributed by atoms with E-state index in [1.165, 1.54) is 30.6 Å². The summed E-state index contributed by atoms with van der Waals surface area (Å²) in [4.78, 5) is 2.48. The normalized spacial score (nSPS) is 14.4. The highest BCUT2D eigenvalue weighted by Crippen LogP contribution is 2.31. The van der Waals surface area contributed by atoms with Crippen LogP contribution in [0.1, 0.15) is 25.3 Å². The standard InChI is InChI=1S/C18H20BrN3/c1-2-11-22-12-3-4-14-13-17(9-10-18(14)22)21-20-16-7-5-15(19)6-8-16/h5-10,13H,2-4,11-12H2,1H3. The fourth-order valence-corrected chi connectivity index (χ4v) is 3.11. The summed E-state index contributed by atoms with van der Waals surface area (Å²) in [5.74, 6) is 0. The Hall–Kier alpha value is -1.68. The molecule has 4 heteroatoms. The Bertz CT molecular complexity index is 665. The van der Waals surface area contributed by atoms with Crippen LogP contribution in [0.25, 0.3) is 0 Å². The lowest BCUT2D eigenvalue weighted by molar-refractivity contribution is 0.681. The van der Waals surface area contributed by atoms with E-state index in [4.69, 9.17) is 0 Å². The van der Waals surface area contributed by atoms with Gasteiger partial charge in [-0.15, -0.1) is 0 Å². The Morgan fingerprint density at radius 3 is 2.55 bits per heavy atom. The molecule has 114 valence electrons. The summed E-state index contributed by atoms with van der Waals surface area (Å²) in [5, 5.41) is 8.69. The predicted molar refractivity (Wildman–Crippen MR) is 95.6 cm³/mol. The van der Waals surface area contributed by atoms with Crippen LogP contribution in [0.3, 0.4) is 0 Å². The highest BCUT2D eigenvalue weighted by Gasteiger charge is 2.16. The molecule has 0 saturated heterocycles. The fourth-order valence-electron chi connectivity index (χ4n) is 2.85. The summed E-state index contributed by atoms with van der Waals surface area (Å²) in [6.45, 7) is 4.53. The van der Waals surface area contributed by atoms with Gasteiger partial charge in [-0.3, -0.25) is 0 Å². The van der Waals surface area contributed by atoms with Crippen LogP contribution in [0.15, 0.2) is 57.2 Å². The van der Waals surface area contributed by atoms with Crippen molar-refractivity contribution in [2.45, 2.75) is 26.2 Å². The second-order valence-electron chi connectivity index (χ2n) is 5.58. The number of hydrogen-bond donors (Lipinski definition) is 0. The van der Waals surface area contributed by atoms with E-state index >= 15 is 0 Å². The van der Waals surface area contributed by atoms with Crippen molar-refractivity contribution in [3.8, 4) is 0 Å². The van der Waals surface area contributed by atoms with Crippen LogP contribution in [0.2, 0.25) is 0 Å². The average Bonchev–Trinajstić information content (AvgIpc) is 2.55. The van der Waals surface area contributed by atoms with Crippen molar-refractivity contribution < 1.29 is 0 Å². The van der Waals surface area contributed by atoms with E-state index in [0.29, 0.717) is 0 Å². The third kappa shape index (κ3) is 3.55. The smallest absolute Gasteiger partial charge is 0.0861 e. The quantitative estimate of drug-likeness (QED) is 0.614. The van der Waals surface area contributed by atoms with Crippen molar-refractivity contribution in [2.75, 3.05) is 18.0 Å². The van der Waals surface area contributed by atoms with E-state index in [1.54, 1.807) is 0 Å². The van der Waals surface area contributed by atoms with Crippen molar-refractivity contribution >= 4 is 33.0 Å². The Morgan fingerprint density at radius 1 is 1.05 bits per heavy atom. The molecule has 1 aliphatic rings. The molecule has 1 aliphatic heterocycles. The predicted octanol–water partition coefficient (Wildman–Crippen LogP) is 6.03. The Labute approximate surface area is 140 Å². The molecule has 2 aromatic carbocycles. The van der Waals surface area contributed by atoms with Gasteiger partial charge >= 0.3 is 0 Å². The molecule has 0 saturated carbocycles. The summed E-state index contributed by atoms with van der Waals surface area (Å²) in [6, 6.07) is 14.3. The first kappa shape index (κ1) is 15.2. The van der Waals surface area contributed by atoms with Gasteiger partial charge in [-0.2, -0.15) is 10.2 Å². The van der Waals surface area contributed by atoms with Crippen LogP contribution < -0.4 is 4.90 Å². The first-order valence-corrected chi connectivity index (χ1v) is 8.61. The Morgan fingerprint density at radius 2 is 1.77 bits per heavy atom. The summed E-state index contributed by atoms with van der Waals surface area (Å²) in [6.07, 6.45) is 3.54. The summed E-state index contributed by atoms with van der Waals surface area (Å²) >= 11 is 3.42. The van der Waals surface area contributed by atoms with Gasteiger partial charge < -0.3 is 4.90 Å². The lowest BCUT2D eigenvalue weighted by Gasteiger charge is -2.31. The Kier molecular flexibility index (Phi) is 4.88. The number of azo groups is 1. The van der Waals surface area contributed by atoms with Crippen molar-refractivity contribution in [3.63, 3.8) is 0 Å². The molecule has 0 N–H and O–H groups in total. The molecular formula is C18H20BrN3. The number of aryl methyl sites for hydroxylation is 1. The maximum absolute atomic E-state index is 4.38. The van der Waals surface area contributed by atoms with Crippen LogP contribution in [-0.4, -0.2) is 13.1 Å². The molecule has 1 heterocycles. The maximum atomic E-state index is 4.38. The molecule has 0 fully saturated rings. The van der Waals surface area contributed by atoms with Crippen LogP contribution in [-0.2, 0) is 6.42 Å². The van der Waals surface area contributed by atoms with Gasteiger partial charge in [0.05, 0.1) is 11.4 Å². The van der Waals surface area contributed by atoms with Gasteiger partial charge in [-0.25, -0.2) is 0 Å². The lowest BCUT2D eigenvalue weighted by Crippen LogP contribution is -2.29. The highest BCUT2D eigenvalue weighted by molar-refractivity contribution is 9.10. The molecule has 0 aromatic heterocycles. The highest BCUT2D eigenvalue weighted by atomic mass is 79.9. The minimum atomic E-state index is 0.869. The second kappa shape index (κ2) is 7.05. The van der Waals surface area contributed by atoms with Gasteiger partial charge in [0.2, 0.25) is 0 Å². The monoisotopic (exact) mass is 357 g/mol. The third-order valence-electron chi connectivity index (χ3n) is 3.88. The summed E-state index contributed by atoms with van der Waals surface area (Å²) in [7, 11) is 0. The van der Waals surface area contributed by atoms with Crippen molar-refractivity contribution in [1.29, 1.82) is 0 Å². The van der Waals surface area contributed by atoms with Crippen LogP contribution >= 0.6 is 15.9 Å². The SMILES string of the molecule is CCCN1CCCc2cc(N=Nc3ccc(Br)cc3)ccc21. The third-order valence-corrected chi connectivity index (χ3v) is 4.41. The Balaban J connectivity index is 1.80. The number of anilines is 1. The molecule has 0 bridgehead atoms. The van der Waals surface area contributed by atoms with Crippen molar-refractivity contribution in [2.24, 2.45) is 10.2 Å². The molecule has 3 rings (SSSR count). The lowest BCUT2D eigenvalue weighted by atomic mass is 10.0. The minimum Gasteiger partial charge on any atom is -0.371 e. The molecule has 0 unspecified atom stereocenters. The van der Waals surface area contributed by atoms with Gasteiger partial charge in [0.25, 0.3) is 0 Å². The van der Waals surface area contributed by atoms with E-state index in [9.17, 15) is 0 Å². The van der Waals surface area contributed by atoms with E-state index in [2.05, 4.69) is 56.2 Å². The first-order chi connectivity index (χ1) is 10.8. The minimum absolute atomic E-state index is 0.869. The largest absolute Gasteiger partial charge is 0.371 e.